The summed E-state index contributed by atoms with van der Waals surface area (Å²) in [6, 6.07) is 10.6. The summed E-state index contributed by atoms with van der Waals surface area (Å²) in [5.41, 5.74) is 1.65. The second-order valence-electron chi connectivity index (χ2n) is 4.24. The number of rotatable bonds is 5. The van der Waals surface area contributed by atoms with E-state index in [0.29, 0.717) is 22.0 Å². The number of hydrogen-bond acceptors (Lipinski definition) is 5. The second kappa shape index (κ2) is 7.01. The molecular formula is C15H15NO4S. The van der Waals surface area contributed by atoms with E-state index in [9.17, 15) is 9.59 Å². The lowest BCUT2D eigenvalue weighted by atomic mass is 10.2. The van der Waals surface area contributed by atoms with E-state index in [2.05, 4.69) is 10.1 Å². The van der Waals surface area contributed by atoms with Gasteiger partial charge in [-0.3, -0.25) is 4.79 Å². The summed E-state index contributed by atoms with van der Waals surface area (Å²) in [4.78, 5) is 24.3. The summed E-state index contributed by atoms with van der Waals surface area (Å²) in [5.74, 6) is -0.703. The number of hydrogen-bond donors (Lipinski definition) is 1. The zero-order valence-electron chi connectivity index (χ0n) is 11.7. The lowest BCUT2D eigenvalue weighted by Crippen LogP contribution is -2.10. The van der Waals surface area contributed by atoms with E-state index in [1.54, 1.807) is 25.3 Å². The van der Waals surface area contributed by atoms with Crippen molar-refractivity contribution in [3.63, 3.8) is 0 Å². The maximum atomic E-state index is 12.1. The smallest absolute Gasteiger partial charge is 0.348 e. The molecule has 0 aliphatic rings. The van der Waals surface area contributed by atoms with Crippen molar-refractivity contribution in [2.45, 2.75) is 6.61 Å². The van der Waals surface area contributed by atoms with Gasteiger partial charge in [0.15, 0.2) is 0 Å². The zero-order valence-corrected chi connectivity index (χ0v) is 12.5. The van der Waals surface area contributed by atoms with Crippen LogP contribution in [-0.2, 0) is 16.1 Å². The van der Waals surface area contributed by atoms with Crippen LogP contribution in [0.15, 0.2) is 36.4 Å². The van der Waals surface area contributed by atoms with Gasteiger partial charge in [-0.25, -0.2) is 4.79 Å². The van der Waals surface area contributed by atoms with Crippen molar-refractivity contribution in [1.82, 2.24) is 0 Å². The molecule has 2 rings (SSSR count). The van der Waals surface area contributed by atoms with Gasteiger partial charge < -0.3 is 14.8 Å². The highest BCUT2D eigenvalue weighted by molar-refractivity contribution is 7.16. The molecule has 0 spiro atoms. The van der Waals surface area contributed by atoms with Gasteiger partial charge in [-0.2, -0.15) is 0 Å². The number of anilines is 1. The van der Waals surface area contributed by atoms with Crippen LogP contribution in [0.3, 0.4) is 0 Å². The molecule has 6 heteroatoms. The molecule has 0 saturated heterocycles. The van der Waals surface area contributed by atoms with E-state index in [1.807, 2.05) is 18.2 Å². The van der Waals surface area contributed by atoms with Crippen LogP contribution in [0.2, 0.25) is 0 Å². The molecule has 110 valence electrons. The van der Waals surface area contributed by atoms with Crippen molar-refractivity contribution in [2.24, 2.45) is 0 Å². The first-order valence-electron chi connectivity index (χ1n) is 6.21. The number of amides is 1. The third-order valence-corrected chi connectivity index (χ3v) is 3.78. The minimum absolute atomic E-state index is 0.260. The Hall–Kier alpha value is -2.18. The average molecular weight is 305 g/mol. The summed E-state index contributed by atoms with van der Waals surface area (Å²) < 4.78 is 9.67. The number of benzene rings is 1. The number of carbonyl (C=O) groups is 2. The molecule has 0 atom stereocenters. The highest BCUT2D eigenvalue weighted by Crippen LogP contribution is 2.19. The number of carbonyl (C=O) groups excluding carboxylic acids is 2. The molecule has 0 aliphatic heterocycles. The first kappa shape index (κ1) is 15.2. The van der Waals surface area contributed by atoms with Gasteiger partial charge in [-0.05, 0) is 29.8 Å². The molecule has 0 unspecified atom stereocenters. The Morgan fingerprint density at radius 1 is 1.14 bits per heavy atom. The average Bonchev–Trinajstić information content (AvgIpc) is 2.97. The first-order valence-corrected chi connectivity index (χ1v) is 7.03. The van der Waals surface area contributed by atoms with E-state index in [1.165, 1.54) is 7.11 Å². The van der Waals surface area contributed by atoms with E-state index in [0.717, 1.165) is 16.9 Å². The Kier molecular flexibility index (Phi) is 5.08. The molecule has 1 N–H and O–H groups in total. The van der Waals surface area contributed by atoms with Crippen molar-refractivity contribution in [2.75, 3.05) is 19.5 Å². The Morgan fingerprint density at radius 3 is 2.62 bits per heavy atom. The van der Waals surface area contributed by atoms with Gasteiger partial charge in [0.25, 0.3) is 5.91 Å². The van der Waals surface area contributed by atoms with Gasteiger partial charge in [0.1, 0.15) is 4.88 Å². The number of ether oxygens (including phenoxy) is 2. The number of nitrogens with one attached hydrogen (secondary N) is 1. The Balaban J connectivity index is 2.09. The SMILES string of the molecule is COCc1cccc(NC(=O)c2ccc(C(=O)OC)s2)c1. The van der Waals surface area contributed by atoms with Crippen molar-refractivity contribution in [1.29, 1.82) is 0 Å². The third kappa shape index (κ3) is 3.90. The molecular weight excluding hydrogens is 290 g/mol. The van der Waals surface area contributed by atoms with Crippen LogP contribution in [0.4, 0.5) is 5.69 Å². The Bertz CT molecular complexity index is 651. The molecule has 5 nitrogen and oxygen atoms in total. The van der Waals surface area contributed by atoms with E-state index >= 15 is 0 Å². The molecule has 0 bridgehead atoms. The standard InChI is InChI=1S/C15H15NO4S/c1-19-9-10-4-3-5-11(8-10)16-14(17)12-6-7-13(21-12)15(18)20-2/h3-8H,9H2,1-2H3,(H,16,17). The fourth-order valence-electron chi connectivity index (χ4n) is 1.77. The maximum absolute atomic E-state index is 12.1. The molecule has 21 heavy (non-hydrogen) atoms. The van der Waals surface area contributed by atoms with Crippen LogP contribution in [0.25, 0.3) is 0 Å². The number of esters is 1. The molecule has 1 amide bonds. The van der Waals surface area contributed by atoms with Gasteiger partial charge in [-0.15, -0.1) is 11.3 Å². The van der Waals surface area contributed by atoms with Crippen molar-refractivity contribution >= 4 is 28.9 Å². The van der Waals surface area contributed by atoms with Gasteiger partial charge in [0.2, 0.25) is 0 Å². The lowest BCUT2D eigenvalue weighted by molar-refractivity contribution is 0.0606. The minimum atomic E-state index is -0.443. The zero-order chi connectivity index (χ0) is 15.2. The van der Waals surface area contributed by atoms with Gasteiger partial charge in [-0.1, -0.05) is 12.1 Å². The summed E-state index contributed by atoms with van der Waals surface area (Å²) in [6.07, 6.45) is 0. The largest absolute Gasteiger partial charge is 0.465 e. The van der Waals surface area contributed by atoms with Crippen LogP contribution in [0.1, 0.15) is 24.9 Å². The maximum Gasteiger partial charge on any atom is 0.348 e. The summed E-state index contributed by atoms with van der Waals surface area (Å²) in [6.45, 7) is 0.481. The molecule has 0 radical (unpaired) electrons. The van der Waals surface area contributed by atoms with Crippen LogP contribution in [0, 0.1) is 0 Å². The second-order valence-corrected chi connectivity index (χ2v) is 5.33. The Morgan fingerprint density at radius 2 is 1.90 bits per heavy atom. The van der Waals surface area contributed by atoms with Crippen molar-refractivity contribution in [3.05, 3.63) is 51.7 Å². The fourth-order valence-corrected chi connectivity index (χ4v) is 2.59. The predicted octanol–water partition coefficient (Wildman–Crippen LogP) is 2.93. The van der Waals surface area contributed by atoms with E-state index < -0.39 is 5.97 Å². The number of thiophene rings is 1. The first-order chi connectivity index (χ1) is 10.1. The lowest BCUT2D eigenvalue weighted by Gasteiger charge is -2.06. The molecule has 2 aromatic rings. The van der Waals surface area contributed by atoms with E-state index in [4.69, 9.17) is 4.74 Å². The van der Waals surface area contributed by atoms with Gasteiger partial charge in [0, 0.05) is 12.8 Å². The number of methoxy groups -OCH3 is 2. The van der Waals surface area contributed by atoms with Gasteiger partial charge in [0.05, 0.1) is 18.6 Å². The normalized spacial score (nSPS) is 10.2. The van der Waals surface area contributed by atoms with Crippen LogP contribution >= 0.6 is 11.3 Å². The van der Waals surface area contributed by atoms with Crippen LogP contribution in [0.5, 0.6) is 0 Å². The summed E-state index contributed by atoms with van der Waals surface area (Å²) in [5, 5.41) is 2.79. The molecule has 0 aliphatic carbocycles. The van der Waals surface area contributed by atoms with Crippen molar-refractivity contribution < 1.29 is 19.1 Å². The van der Waals surface area contributed by atoms with Crippen molar-refractivity contribution in [3.8, 4) is 0 Å². The quantitative estimate of drug-likeness (QED) is 0.863. The molecule has 0 fully saturated rings. The highest BCUT2D eigenvalue weighted by atomic mass is 32.1. The summed E-state index contributed by atoms with van der Waals surface area (Å²) in [7, 11) is 2.92. The highest BCUT2D eigenvalue weighted by Gasteiger charge is 2.14. The third-order valence-electron chi connectivity index (χ3n) is 2.71. The Labute approximate surface area is 126 Å². The topological polar surface area (TPSA) is 64.6 Å². The summed E-state index contributed by atoms with van der Waals surface area (Å²) >= 11 is 1.10. The van der Waals surface area contributed by atoms with E-state index in [-0.39, 0.29) is 5.91 Å². The minimum Gasteiger partial charge on any atom is -0.465 e. The monoisotopic (exact) mass is 305 g/mol. The van der Waals surface area contributed by atoms with Gasteiger partial charge >= 0.3 is 5.97 Å². The fraction of sp³-hybridized carbons (Fsp3) is 0.200. The molecule has 1 aromatic heterocycles. The predicted molar refractivity (Wildman–Crippen MR) is 80.8 cm³/mol. The molecule has 1 heterocycles. The van der Waals surface area contributed by atoms with Crippen LogP contribution in [-0.4, -0.2) is 26.1 Å². The molecule has 0 saturated carbocycles. The molecule has 1 aromatic carbocycles. The van der Waals surface area contributed by atoms with Crippen LogP contribution < -0.4 is 5.32 Å².